The number of ether oxygens (including phenoxy) is 2. The third-order valence-corrected chi connectivity index (χ3v) is 4.28. The Morgan fingerprint density at radius 1 is 0.923 bits per heavy atom. The number of likely N-dealkylation sites (N-methyl/N-ethyl adjacent to an activating group) is 1. The Labute approximate surface area is 154 Å². The Morgan fingerprint density at radius 2 is 1.62 bits per heavy atom. The van der Waals surface area contributed by atoms with Crippen LogP contribution in [0.5, 0.6) is 11.5 Å². The van der Waals surface area contributed by atoms with Crippen LogP contribution in [0.15, 0.2) is 48.5 Å². The molecule has 138 valence electrons. The van der Waals surface area contributed by atoms with Crippen LogP contribution >= 0.6 is 0 Å². The molecule has 2 aromatic rings. The number of methoxy groups -OCH3 is 2. The van der Waals surface area contributed by atoms with Crippen molar-refractivity contribution in [2.24, 2.45) is 0 Å². The van der Waals surface area contributed by atoms with E-state index in [1.165, 1.54) is 0 Å². The smallest absolute Gasteiger partial charge is 0.222 e. The number of benzene rings is 2. The molecule has 0 aliphatic rings. The number of hydrogen-bond donors (Lipinski definition) is 0. The summed E-state index contributed by atoms with van der Waals surface area (Å²) in [6.45, 7) is 0.610. The van der Waals surface area contributed by atoms with Gasteiger partial charge < -0.3 is 14.4 Å². The summed E-state index contributed by atoms with van der Waals surface area (Å²) < 4.78 is 10.3. The van der Waals surface area contributed by atoms with Crippen LogP contribution in [0, 0.1) is 0 Å². The quantitative estimate of drug-likeness (QED) is 0.647. The SMILES string of the molecule is COc1ccc(CCN(C)C(=O)CCC(=O)c2cccc(OC)c2)cc1. The van der Waals surface area contributed by atoms with E-state index in [0.29, 0.717) is 17.9 Å². The van der Waals surface area contributed by atoms with E-state index in [1.54, 1.807) is 50.4 Å². The molecule has 0 atom stereocenters. The number of carbonyl (C=O) groups is 2. The minimum absolute atomic E-state index is 0.0326. The molecule has 0 aliphatic heterocycles. The average Bonchev–Trinajstić information content (AvgIpc) is 2.70. The molecule has 0 saturated carbocycles. The van der Waals surface area contributed by atoms with Gasteiger partial charge >= 0.3 is 0 Å². The fraction of sp³-hybridized carbons (Fsp3) is 0.333. The molecule has 0 N–H and O–H groups in total. The zero-order valence-corrected chi connectivity index (χ0v) is 15.5. The summed E-state index contributed by atoms with van der Waals surface area (Å²) in [6.07, 6.45) is 1.16. The van der Waals surface area contributed by atoms with E-state index in [4.69, 9.17) is 9.47 Å². The molecule has 0 saturated heterocycles. The van der Waals surface area contributed by atoms with Crippen molar-refractivity contribution in [2.45, 2.75) is 19.3 Å². The van der Waals surface area contributed by atoms with E-state index in [9.17, 15) is 9.59 Å². The summed E-state index contributed by atoms with van der Waals surface area (Å²) in [5.41, 5.74) is 1.70. The monoisotopic (exact) mass is 355 g/mol. The molecule has 5 heteroatoms. The van der Waals surface area contributed by atoms with Crippen molar-refractivity contribution in [1.82, 2.24) is 4.90 Å². The molecule has 0 unspecified atom stereocenters. The van der Waals surface area contributed by atoms with Crippen LogP contribution < -0.4 is 9.47 Å². The highest BCUT2D eigenvalue weighted by Crippen LogP contribution is 2.15. The summed E-state index contributed by atoms with van der Waals surface area (Å²) in [5.74, 6) is 1.36. The lowest BCUT2D eigenvalue weighted by Gasteiger charge is -2.17. The summed E-state index contributed by atoms with van der Waals surface area (Å²) in [7, 11) is 4.96. The van der Waals surface area contributed by atoms with Gasteiger partial charge in [0, 0.05) is 32.0 Å². The van der Waals surface area contributed by atoms with Crippen LogP contribution in [-0.4, -0.2) is 44.4 Å². The number of carbonyl (C=O) groups excluding carboxylic acids is 2. The largest absolute Gasteiger partial charge is 0.497 e. The fourth-order valence-electron chi connectivity index (χ4n) is 2.57. The summed E-state index contributed by atoms with van der Waals surface area (Å²) >= 11 is 0. The van der Waals surface area contributed by atoms with Crippen molar-refractivity contribution in [3.8, 4) is 11.5 Å². The molecule has 0 spiro atoms. The predicted molar refractivity (Wildman–Crippen MR) is 101 cm³/mol. The summed E-state index contributed by atoms with van der Waals surface area (Å²) in [4.78, 5) is 26.2. The number of amides is 1. The highest BCUT2D eigenvalue weighted by molar-refractivity contribution is 5.98. The average molecular weight is 355 g/mol. The minimum atomic E-state index is -0.0548. The third-order valence-electron chi connectivity index (χ3n) is 4.28. The maximum atomic E-state index is 12.3. The van der Waals surface area contributed by atoms with E-state index >= 15 is 0 Å². The van der Waals surface area contributed by atoms with Crippen LogP contribution in [0.4, 0.5) is 0 Å². The van der Waals surface area contributed by atoms with E-state index in [-0.39, 0.29) is 24.5 Å². The number of nitrogens with zero attached hydrogens (tertiary/aromatic N) is 1. The van der Waals surface area contributed by atoms with Crippen molar-refractivity contribution in [3.63, 3.8) is 0 Å². The van der Waals surface area contributed by atoms with Gasteiger partial charge in [-0.2, -0.15) is 0 Å². The summed E-state index contributed by atoms with van der Waals surface area (Å²) in [5, 5.41) is 0. The molecular formula is C21H25NO4. The molecule has 0 aromatic heterocycles. The first-order chi connectivity index (χ1) is 12.5. The van der Waals surface area contributed by atoms with E-state index in [2.05, 4.69) is 0 Å². The van der Waals surface area contributed by atoms with Gasteiger partial charge in [-0.25, -0.2) is 0 Å². The Kier molecular flexibility index (Phi) is 7.21. The first-order valence-corrected chi connectivity index (χ1v) is 8.57. The lowest BCUT2D eigenvalue weighted by molar-refractivity contribution is -0.129. The zero-order valence-electron chi connectivity index (χ0n) is 15.5. The Hall–Kier alpha value is -2.82. The maximum Gasteiger partial charge on any atom is 0.222 e. The second-order valence-electron chi connectivity index (χ2n) is 6.07. The van der Waals surface area contributed by atoms with Gasteiger partial charge in [0.1, 0.15) is 11.5 Å². The molecule has 0 bridgehead atoms. The van der Waals surface area contributed by atoms with Crippen LogP contribution in [0.3, 0.4) is 0 Å². The van der Waals surface area contributed by atoms with Crippen molar-refractivity contribution in [2.75, 3.05) is 27.8 Å². The Balaban J connectivity index is 1.79. The van der Waals surface area contributed by atoms with Gasteiger partial charge in [-0.15, -0.1) is 0 Å². The molecule has 2 aromatic carbocycles. The second kappa shape index (κ2) is 9.61. The van der Waals surface area contributed by atoms with Crippen molar-refractivity contribution < 1.29 is 19.1 Å². The second-order valence-corrected chi connectivity index (χ2v) is 6.07. The van der Waals surface area contributed by atoms with Gasteiger partial charge in [0.25, 0.3) is 0 Å². The van der Waals surface area contributed by atoms with Crippen LogP contribution in [0.1, 0.15) is 28.8 Å². The number of ketones is 1. The van der Waals surface area contributed by atoms with E-state index < -0.39 is 0 Å². The van der Waals surface area contributed by atoms with Crippen LogP contribution in [0.2, 0.25) is 0 Å². The van der Waals surface area contributed by atoms with Crippen LogP contribution in [-0.2, 0) is 11.2 Å². The van der Waals surface area contributed by atoms with Gasteiger partial charge in [-0.05, 0) is 36.2 Å². The normalized spacial score (nSPS) is 10.3. The van der Waals surface area contributed by atoms with Gasteiger partial charge in [-0.3, -0.25) is 9.59 Å². The molecular weight excluding hydrogens is 330 g/mol. The maximum absolute atomic E-state index is 12.3. The van der Waals surface area contributed by atoms with Gasteiger partial charge in [0.05, 0.1) is 14.2 Å². The number of hydrogen-bond acceptors (Lipinski definition) is 4. The van der Waals surface area contributed by atoms with Crippen molar-refractivity contribution >= 4 is 11.7 Å². The molecule has 26 heavy (non-hydrogen) atoms. The number of Topliss-reactive ketones (excluding diaryl/α,β-unsaturated/α-hetero) is 1. The fourth-order valence-corrected chi connectivity index (χ4v) is 2.57. The zero-order chi connectivity index (χ0) is 18.9. The highest BCUT2D eigenvalue weighted by atomic mass is 16.5. The molecule has 2 rings (SSSR count). The topological polar surface area (TPSA) is 55.8 Å². The minimum Gasteiger partial charge on any atom is -0.497 e. The lowest BCUT2D eigenvalue weighted by atomic mass is 10.1. The van der Waals surface area contributed by atoms with E-state index in [1.807, 2.05) is 24.3 Å². The Bertz CT molecular complexity index is 740. The van der Waals surface area contributed by atoms with E-state index in [0.717, 1.165) is 17.7 Å². The molecule has 5 nitrogen and oxygen atoms in total. The summed E-state index contributed by atoms with van der Waals surface area (Å²) in [6, 6.07) is 14.8. The van der Waals surface area contributed by atoms with Gasteiger partial charge in [0.15, 0.2) is 5.78 Å². The molecule has 1 amide bonds. The Morgan fingerprint density at radius 3 is 2.27 bits per heavy atom. The first kappa shape index (κ1) is 19.5. The van der Waals surface area contributed by atoms with Gasteiger partial charge in [-0.1, -0.05) is 24.3 Å². The van der Waals surface area contributed by atoms with Crippen molar-refractivity contribution in [3.05, 3.63) is 59.7 Å². The standard InChI is InChI=1S/C21H25NO4/c1-22(14-13-16-7-9-18(25-2)10-8-16)21(24)12-11-20(23)17-5-4-6-19(15-17)26-3/h4-10,15H,11-14H2,1-3H3. The third kappa shape index (κ3) is 5.62. The predicted octanol–water partition coefficient (Wildman–Crippen LogP) is 3.37. The molecule has 0 fully saturated rings. The number of rotatable bonds is 9. The van der Waals surface area contributed by atoms with Crippen molar-refractivity contribution in [1.29, 1.82) is 0 Å². The first-order valence-electron chi connectivity index (χ1n) is 8.57. The lowest BCUT2D eigenvalue weighted by Crippen LogP contribution is -2.29. The van der Waals surface area contributed by atoms with Gasteiger partial charge in [0.2, 0.25) is 5.91 Å². The molecule has 0 aliphatic carbocycles. The highest BCUT2D eigenvalue weighted by Gasteiger charge is 2.13. The molecule has 0 heterocycles. The molecule has 0 radical (unpaired) electrons. The van der Waals surface area contributed by atoms with Crippen LogP contribution in [0.25, 0.3) is 0 Å².